The van der Waals surface area contributed by atoms with E-state index in [1.54, 1.807) is 25.3 Å². The van der Waals surface area contributed by atoms with Gasteiger partial charge in [-0.2, -0.15) is 0 Å². The summed E-state index contributed by atoms with van der Waals surface area (Å²) in [4.78, 5) is 17.6. The Labute approximate surface area is 127 Å². The zero-order valence-corrected chi connectivity index (χ0v) is 12.5. The fourth-order valence-electron chi connectivity index (χ4n) is 2.88. The summed E-state index contributed by atoms with van der Waals surface area (Å²) in [5.74, 6) is -0.474. The highest BCUT2D eigenvalue weighted by Gasteiger charge is 2.41. The van der Waals surface area contributed by atoms with Gasteiger partial charge in [0, 0.05) is 24.7 Å². The van der Waals surface area contributed by atoms with Crippen molar-refractivity contribution >= 4 is 22.6 Å². The highest BCUT2D eigenvalue weighted by Crippen LogP contribution is 2.36. The van der Waals surface area contributed by atoms with Gasteiger partial charge in [-0.1, -0.05) is 0 Å². The zero-order chi connectivity index (χ0) is 15.9. The molecule has 1 saturated heterocycles. The Morgan fingerprint density at radius 1 is 1.50 bits per heavy atom. The summed E-state index contributed by atoms with van der Waals surface area (Å²) in [6.07, 6.45) is 2.18. The second-order valence-electron chi connectivity index (χ2n) is 5.88. The first kappa shape index (κ1) is 14.6. The number of fused-ring (bicyclic) bond motifs is 1. The highest BCUT2D eigenvalue weighted by atomic mass is 19.1. The Morgan fingerprint density at radius 3 is 2.91 bits per heavy atom. The molecule has 3 rings (SSSR count). The van der Waals surface area contributed by atoms with Gasteiger partial charge in [0.05, 0.1) is 12.5 Å². The number of benzene rings is 1. The van der Waals surface area contributed by atoms with Crippen molar-refractivity contribution in [2.75, 3.05) is 25.1 Å². The lowest BCUT2D eigenvalue weighted by molar-refractivity contribution is -0.146. The number of pyridine rings is 1. The van der Waals surface area contributed by atoms with Crippen molar-refractivity contribution in [3.63, 3.8) is 0 Å². The molecule has 1 aromatic heterocycles. The van der Waals surface area contributed by atoms with Gasteiger partial charge in [-0.25, -0.2) is 9.37 Å². The second-order valence-corrected chi connectivity index (χ2v) is 5.88. The number of aliphatic carboxylic acids is 1. The average molecular weight is 304 g/mol. The van der Waals surface area contributed by atoms with E-state index in [1.165, 1.54) is 13.2 Å². The number of rotatable bonds is 3. The van der Waals surface area contributed by atoms with Crippen LogP contribution in [0.4, 0.5) is 10.2 Å². The number of aromatic nitrogens is 1. The summed E-state index contributed by atoms with van der Waals surface area (Å²) in [5.41, 5.74) is -0.797. The molecule has 0 aliphatic carbocycles. The molecule has 1 aliphatic heterocycles. The number of carbonyl (C=O) groups is 1. The molecule has 6 heteroatoms. The third-order valence-corrected chi connectivity index (χ3v) is 4.30. The maximum atomic E-state index is 14.0. The SMILES string of the molecule is COc1cc2ccnc(N3CCC(C)(C(=O)O)C3)c2cc1F. The molecule has 0 spiro atoms. The van der Waals surface area contributed by atoms with Crippen molar-refractivity contribution in [2.45, 2.75) is 13.3 Å². The molecule has 1 fully saturated rings. The number of hydrogen-bond donors (Lipinski definition) is 1. The van der Waals surface area contributed by atoms with E-state index in [-0.39, 0.29) is 5.75 Å². The minimum absolute atomic E-state index is 0.182. The van der Waals surface area contributed by atoms with Gasteiger partial charge in [0.1, 0.15) is 5.82 Å². The molecule has 5 nitrogen and oxygen atoms in total. The third-order valence-electron chi connectivity index (χ3n) is 4.30. The first-order valence-electron chi connectivity index (χ1n) is 7.05. The number of halogens is 1. The summed E-state index contributed by atoms with van der Waals surface area (Å²) in [5, 5.41) is 10.8. The first-order valence-corrected chi connectivity index (χ1v) is 7.05. The number of ether oxygens (including phenoxy) is 1. The lowest BCUT2D eigenvalue weighted by Gasteiger charge is -2.22. The maximum Gasteiger partial charge on any atom is 0.311 e. The smallest absolute Gasteiger partial charge is 0.311 e. The fraction of sp³-hybridized carbons (Fsp3) is 0.375. The van der Waals surface area contributed by atoms with Gasteiger partial charge in [-0.3, -0.25) is 4.79 Å². The Bertz CT molecular complexity index is 749. The normalized spacial score (nSPS) is 21.3. The maximum absolute atomic E-state index is 14.0. The van der Waals surface area contributed by atoms with Crippen molar-refractivity contribution in [3.8, 4) is 5.75 Å². The molecular weight excluding hydrogens is 287 g/mol. The number of methoxy groups -OCH3 is 1. The van der Waals surface area contributed by atoms with Gasteiger partial charge in [-0.15, -0.1) is 0 Å². The Hall–Kier alpha value is -2.37. The predicted octanol–water partition coefficient (Wildman–Crippen LogP) is 2.68. The second kappa shape index (κ2) is 5.12. The molecule has 0 bridgehead atoms. The summed E-state index contributed by atoms with van der Waals surface area (Å²) in [7, 11) is 1.42. The predicted molar refractivity (Wildman–Crippen MR) is 80.8 cm³/mol. The van der Waals surface area contributed by atoms with E-state index in [4.69, 9.17) is 4.74 Å². The molecular formula is C16H17FN2O3. The minimum Gasteiger partial charge on any atom is -0.494 e. The molecule has 1 unspecified atom stereocenters. The number of hydrogen-bond acceptors (Lipinski definition) is 4. The van der Waals surface area contributed by atoms with Crippen molar-refractivity contribution < 1.29 is 19.0 Å². The quantitative estimate of drug-likeness (QED) is 0.944. The van der Waals surface area contributed by atoms with Crippen LogP contribution in [0.25, 0.3) is 10.8 Å². The standard InChI is InChI=1S/C16H17FN2O3/c1-16(15(20)21)4-6-19(9-16)14-11-8-12(17)13(22-2)7-10(11)3-5-18-14/h3,5,7-8H,4,6,9H2,1-2H3,(H,20,21). The van der Waals surface area contributed by atoms with Crippen LogP contribution in [-0.2, 0) is 4.79 Å². The number of carboxylic acid groups (broad SMARTS) is 1. The molecule has 1 atom stereocenters. The van der Waals surface area contributed by atoms with E-state index in [1.807, 2.05) is 4.90 Å². The van der Waals surface area contributed by atoms with Gasteiger partial charge in [-0.05, 0) is 36.9 Å². The fourth-order valence-corrected chi connectivity index (χ4v) is 2.88. The van der Waals surface area contributed by atoms with Crippen LogP contribution >= 0.6 is 0 Å². The van der Waals surface area contributed by atoms with Gasteiger partial charge in [0.2, 0.25) is 0 Å². The number of carboxylic acids is 1. The van der Waals surface area contributed by atoms with Crippen LogP contribution in [0.2, 0.25) is 0 Å². The van der Waals surface area contributed by atoms with Crippen LogP contribution in [0.5, 0.6) is 5.75 Å². The van der Waals surface area contributed by atoms with E-state index >= 15 is 0 Å². The first-order chi connectivity index (χ1) is 10.4. The van der Waals surface area contributed by atoms with Gasteiger partial charge >= 0.3 is 5.97 Å². The molecule has 22 heavy (non-hydrogen) atoms. The Balaban J connectivity index is 2.05. The molecule has 2 heterocycles. The van der Waals surface area contributed by atoms with E-state index in [0.717, 1.165) is 5.39 Å². The van der Waals surface area contributed by atoms with Crippen LogP contribution in [0, 0.1) is 11.2 Å². The third kappa shape index (κ3) is 2.24. The van der Waals surface area contributed by atoms with Crippen LogP contribution in [0.1, 0.15) is 13.3 Å². The molecule has 1 aromatic carbocycles. The lowest BCUT2D eigenvalue weighted by Crippen LogP contribution is -2.32. The van der Waals surface area contributed by atoms with Gasteiger partial charge in [0.15, 0.2) is 11.6 Å². The summed E-state index contributed by atoms with van der Waals surface area (Å²) in [6, 6.07) is 4.81. The minimum atomic E-state index is -0.817. The molecule has 2 aromatic rings. The van der Waals surface area contributed by atoms with Crippen molar-refractivity contribution in [1.29, 1.82) is 0 Å². The lowest BCUT2D eigenvalue weighted by atomic mass is 9.90. The zero-order valence-electron chi connectivity index (χ0n) is 12.5. The summed E-state index contributed by atoms with van der Waals surface area (Å²) < 4.78 is 19.0. The largest absolute Gasteiger partial charge is 0.494 e. The topological polar surface area (TPSA) is 62.7 Å². The van der Waals surface area contributed by atoms with Crippen molar-refractivity contribution in [2.24, 2.45) is 5.41 Å². The average Bonchev–Trinajstić information content (AvgIpc) is 2.90. The molecule has 0 amide bonds. The Morgan fingerprint density at radius 2 is 2.27 bits per heavy atom. The van der Waals surface area contributed by atoms with Gasteiger partial charge < -0.3 is 14.7 Å². The molecule has 116 valence electrons. The number of anilines is 1. The molecule has 0 radical (unpaired) electrons. The monoisotopic (exact) mass is 304 g/mol. The molecule has 1 aliphatic rings. The van der Waals surface area contributed by atoms with Gasteiger partial charge in [0.25, 0.3) is 0 Å². The highest BCUT2D eigenvalue weighted by molar-refractivity contribution is 5.93. The van der Waals surface area contributed by atoms with E-state index < -0.39 is 17.2 Å². The van der Waals surface area contributed by atoms with E-state index in [9.17, 15) is 14.3 Å². The van der Waals surface area contributed by atoms with E-state index in [2.05, 4.69) is 4.98 Å². The number of nitrogens with zero attached hydrogens (tertiary/aromatic N) is 2. The Kier molecular flexibility index (Phi) is 3.39. The van der Waals surface area contributed by atoms with Crippen LogP contribution in [-0.4, -0.2) is 36.3 Å². The molecule has 1 N–H and O–H groups in total. The van der Waals surface area contributed by atoms with E-state index in [0.29, 0.717) is 30.7 Å². The van der Waals surface area contributed by atoms with Crippen LogP contribution in [0.3, 0.4) is 0 Å². The van der Waals surface area contributed by atoms with Crippen LogP contribution < -0.4 is 9.64 Å². The molecule has 0 saturated carbocycles. The summed E-state index contributed by atoms with van der Waals surface area (Å²) in [6.45, 7) is 2.68. The van der Waals surface area contributed by atoms with Crippen molar-refractivity contribution in [1.82, 2.24) is 4.98 Å². The van der Waals surface area contributed by atoms with Crippen molar-refractivity contribution in [3.05, 3.63) is 30.2 Å². The summed E-state index contributed by atoms with van der Waals surface area (Å²) >= 11 is 0. The van der Waals surface area contributed by atoms with Crippen LogP contribution in [0.15, 0.2) is 24.4 Å².